The Morgan fingerprint density at radius 1 is 1.16 bits per heavy atom. The lowest BCUT2D eigenvalue weighted by atomic mass is 10.1. The number of carbonyl (C=O) groups excluding carboxylic acids is 4. The van der Waals surface area contributed by atoms with Crippen LogP contribution in [0.3, 0.4) is 0 Å². The lowest BCUT2D eigenvalue weighted by Crippen LogP contribution is -2.59. The minimum atomic E-state index is -1.41. The Kier molecular flexibility index (Phi) is 11.0. The van der Waals surface area contributed by atoms with Gasteiger partial charge in [-0.1, -0.05) is 0 Å². The zero-order valence-corrected chi connectivity index (χ0v) is 18.2. The van der Waals surface area contributed by atoms with Crippen LogP contribution in [0.5, 0.6) is 0 Å². The minimum Gasteiger partial charge on any atom is -0.480 e. The quantitative estimate of drug-likeness (QED) is 0.137. The maximum Gasteiger partial charge on any atom is 0.326 e. The first-order valence-electron chi connectivity index (χ1n) is 10.6. The summed E-state index contributed by atoms with van der Waals surface area (Å²) in [5.41, 5.74) is 16.0. The molecule has 0 radical (unpaired) electrons. The maximum absolute atomic E-state index is 13.0. The van der Waals surface area contributed by atoms with E-state index >= 15 is 0 Å². The molecule has 13 heteroatoms. The molecule has 0 aromatic carbocycles. The normalized spacial score (nSPS) is 19.5. The van der Waals surface area contributed by atoms with Gasteiger partial charge in [0.25, 0.3) is 0 Å². The van der Waals surface area contributed by atoms with Gasteiger partial charge < -0.3 is 42.9 Å². The van der Waals surface area contributed by atoms with Crippen LogP contribution < -0.4 is 27.8 Å². The summed E-state index contributed by atoms with van der Waals surface area (Å²) < 4.78 is 0. The van der Waals surface area contributed by atoms with Crippen LogP contribution in [0.2, 0.25) is 0 Å². The third kappa shape index (κ3) is 8.05. The summed E-state index contributed by atoms with van der Waals surface area (Å²) in [6.45, 7) is 1.88. The first kappa shape index (κ1) is 27.3. The lowest BCUT2D eigenvalue weighted by molar-refractivity contribution is -0.146. The molecule has 0 aromatic heterocycles. The van der Waals surface area contributed by atoms with Gasteiger partial charge in [0.05, 0.1) is 18.6 Å². The van der Waals surface area contributed by atoms with Crippen molar-refractivity contribution in [2.75, 3.05) is 13.1 Å². The number of unbranched alkanes of at least 4 members (excludes halogenated alkanes) is 1. The van der Waals surface area contributed by atoms with E-state index in [2.05, 4.69) is 10.6 Å². The van der Waals surface area contributed by atoms with Crippen LogP contribution in [0.4, 0.5) is 0 Å². The second-order valence-corrected chi connectivity index (χ2v) is 7.88. The summed E-state index contributed by atoms with van der Waals surface area (Å²) in [4.78, 5) is 61.6. The van der Waals surface area contributed by atoms with E-state index in [1.807, 2.05) is 0 Å². The van der Waals surface area contributed by atoms with E-state index < -0.39 is 66.3 Å². The number of likely N-dealkylation sites (tertiary alicyclic amines) is 1. The highest BCUT2D eigenvalue weighted by molar-refractivity contribution is 5.95. The van der Waals surface area contributed by atoms with Gasteiger partial charge in [-0.25, -0.2) is 4.79 Å². The Labute approximate surface area is 186 Å². The molecule has 1 aliphatic heterocycles. The summed E-state index contributed by atoms with van der Waals surface area (Å²) in [7, 11) is 0. The van der Waals surface area contributed by atoms with E-state index in [0.717, 1.165) is 0 Å². The molecule has 13 nitrogen and oxygen atoms in total. The van der Waals surface area contributed by atoms with Crippen molar-refractivity contribution in [3.63, 3.8) is 0 Å². The minimum absolute atomic E-state index is 0.189. The molecule has 0 aliphatic carbocycles. The van der Waals surface area contributed by atoms with Gasteiger partial charge in [0.2, 0.25) is 23.6 Å². The number of carbonyl (C=O) groups is 5. The number of aliphatic hydroxyl groups is 1. The SMILES string of the molecule is CC(O)C(NC(=O)C(N)CC(N)=O)C(=O)N1CCCC1C(=O)NC(CCCCN)C(=O)O. The van der Waals surface area contributed by atoms with Crippen molar-refractivity contribution in [3.8, 4) is 0 Å². The van der Waals surface area contributed by atoms with Crippen LogP contribution in [0.15, 0.2) is 0 Å². The fraction of sp³-hybridized carbons (Fsp3) is 0.737. The number of hydrogen-bond donors (Lipinski definition) is 7. The molecule has 10 N–H and O–H groups in total. The Morgan fingerprint density at radius 2 is 1.81 bits per heavy atom. The molecule has 0 spiro atoms. The molecule has 1 rings (SSSR count). The van der Waals surface area contributed by atoms with Crippen molar-refractivity contribution < 1.29 is 34.2 Å². The summed E-state index contributed by atoms with van der Waals surface area (Å²) in [5, 5.41) is 24.2. The van der Waals surface area contributed by atoms with Gasteiger partial charge in [0.1, 0.15) is 18.1 Å². The highest BCUT2D eigenvalue weighted by Crippen LogP contribution is 2.20. The van der Waals surface area contributed by atoms with Gasteiger partial charge >= 0.3 is 5.97 Å². The van der Waals surface area contributed by atoms with Crippen LogP contribution >= 0.6 is 0 Å². The average Bonchev–Trinajstić information content (AvgIpc) is 3.19. The molecule has 0 aromatic rings. The number of carboxylic acids is 1. The number of nitrogens with zero attached hydrogens (tertiary/aromatic N) is 1. The highest BCUT2D eigenvalue weighted by atomic mass is 16.4. The number of aliphatic hydroxyl groups excluding tert-OH is 1. The number of primary amides is 1. The first-order chi connectivity index (χ1) is 15.0. The van der Waals surface area contributed by atoms with Gasteiger partial charge in [-0.15, -0.1) is 0 Å². The zero-order chi connectivity index (χ0) is 24.4. The molecule has 1 saturated heterocycles. The van der Waals surface area contributed by atoms with E-state index in [0.29, 0.717) is 32.2 Å². The standard InChI is InChI=1S/C19H34N6O7/c1-10(26)15(24-16(28)11(21)9-14(22)27)18(30)25-8-4-6-13(25)17(29)23-12(19(31)32)5-2-3-7-20/h10-13,15,26H,2-9,20-21H2,1H3,(H2,22,27)(H,23,29)(H,24,28)(H,31,32). The molecular weight excluding hydrogens is 424 g/mol. The van der Waals surface area contributed by atoms with Crippen LogP contribution in [0.1, 0.15) is 45.4 Å². The van der Waals surface area contributed by atoms with E-state index in [1.165, 1.54) is 11.8 Å². The van der Waals surface area contributed by atoms with Gasteiger partial charge in [-0.05, 0) is 45.6 Å². The van der Waals surface area contributed by atoms with Crippen molar-refractivity contribution in [3.05, 3.63) is 0 Å². The predicted molar refractivity (Wildman–Crippen MR) is 113 cm³/mol. The number of hydrogen-bond acceptors (Lipinski definition) is 8. The van der Waals surface area contributed by atoms with E-state index in [4.69, 9.17) is 17.2 Å². The number of amides is 4. The molecule has 5 unspecified atom stereocenters. The Morgan fingerprint density at radius 3 is 2.34 bits per heavy atom. The Hall–Kier alpha value is -2.77. The summed E-state index contributed by atoms with van der Waals surface area (Å²) in [6, 6.07) is -4.78. The zero-order valence-electron chi connectivity index (χ0n) is 18.2. The molecule has 0 bridgehead atoms. The lowest BCUT2D eigenvalue weighted by Gasteiger charge is -2.31. The van der Waals surface area contributed by atoms with E-state index in [1.54, 1.807) is 0 Å². The van der Waals surface area contributed by atoms with Gasteiger partial charge in [-0.3, -0.25) is 19.2 Å². The third-order valence-corrected chi connectivity index (χ3v) is 5.20. The fourth-order valence-corrected chi connectivity index (χ4v) is 3.46. The smallest absolute Gasteiger partial charge is 0.326 e. The van der Waals surface area contributed by atoms with Crippen molar-refractivity contribution in [2.45, 2.75) is 75.7 Å². The number of nitrogens with one attached hydrogen (secondary N) is 2. The third-order valence-electron chi connectivity index (χ3n) is 5.20. The van der Waals surface area contributed by atoms with Gasteiger partial charge in [0, 0.05) is 6.54 Å². The van der Waals surface area contributed by atoms with Crippen LogP contribution in [-0.2, 0) is 24.0 Å². The fourth-order valence-electron chi connectivity index (χ4n) is 3.46. The monoisotopic (exact) mass is 458 g/mol. The molecule has 1 fully saturated rings. The van der Waals surface area contributed by atoms with Gasteiger partial charge in [0.15, 0.2) is 0 Å². The second-order valence-electron chi connectivity index (χ2n) is 7.88. The summed E-state index contributed by atoms with van der Waals surface area (Å²) >= 11 is 0. The predicted octanol–water partition coefficient (Wildman–Crippen LogP) is -3.26. The highest BCUT2D eigenvalue weighted by Gasteiger charge is 2.40. The van der Waals surface area contributed by atoms with Crippen molar-refractivity contribution in [1.82, 2.24) is 15.5 Å². The van der Waals surface area contributed by atoms with Crippen molar-refractivity contribution in [2.24, 2.45) is 17.2 Å². The average molecular weight is 459 g/mol. The molecule has 5 atom stereocenters. The first-order valence-corrected chi connectivity index (χ1v) is 10.6. The largest absolute Gasteiger partial charge is 0.480 e. The van der Waals surface area contributed by atoms with Crippen LogP contribution in [0, 0.1) is 0 Å². The van der Waals surface area contributed by atoms with Crippen molar-refractivity contribution >= 4 is 29.6 Å². The summed E-state index contributed by atoms with van der Waals surface area (Å²) in [6.07, 6.45) is 0.347. The van der Waals surface area contributed by atoms with E-state index in [-0.39, 0.29) is 13.0 Å². The van der Waals surface area contributed by atoms with Gasteiger partial charge in [-0.2, -0.15) is 0 Å². The molecule has 182 valence electrons. The van der Waals surface area contributed by atoms with Crippen LogP contribution in [0.25, 0.3) is 0 Å². The maximum atomic E-state index is 13.0. The molecule has 1 heterocycles. The molecule has 4 amide bonds. The topological polar surface area (TPSA) is 231 Å². The molecule has 1 aliphatic rings. The number of aliphatic carboxylic acids is 1. The number of carboxylic acid groups (broad SMARTS) is 1. The Bertz CT molecular complexity index is 702. The molecule has 32 heavy (non-hydrogen) atoms. The number of nitrogens with two attached hydrogens (primary N) is 3. The molecular formula is C19H34N6O7. The molecule has 0 saturated carbocycles. The van der Waals surface area contributed by atoms with Crippen LogP contribution in [-0.4, -0.2) is 88.1 Å². The van der Waals surface area contributed by atoms with Crippen molar-refractivity contribution in [1.29, 1.82) is 0 Å². The summed E-state index contributed by atoms with van der Waals surface area (Å²) in [5.74, 6) is -4.19. The Balaban J connectivity index is 2.87. The second kappa shape index (κ2) is 12.9. The van der Waals surface area contributed by atoms with E-state index in [9.17, 15) is 34.2 Å². The number of rotatable bonds is 13.